The Hall–Kier alpha value is -2.19. The molecule has 0 aromatic heterocycles. The van der Waals surface area contributed by atoms with Crippen molar-refractivity contribution in [2.45, 2.75) is 17.6 Å². The lowest BCUT2D eigenvalue weighted by Gasteiger charge is -2.12. The van der Waals surface area contributed by atoms with Gasteiger partial charge in [0, 0.05) is 34.3 Å². The minimum atomic E-state index is -3.96. The number of carbonyl (C=O) groups is 1. The van der Waals surface area contributed by atoms with Gasteiger partial charge in [0.05, 0.1) is 5.02 Å². The first-order valence-electron chi connectivity index (χ1n) is 9.74. The summed E-state index contributed by atoms with van der Waals surface area (Å²) in [6.07, 6.45) is 0. The number of thioether (sulfide) groups is 1. The highest BCUT2D eigenvalue weighted by atomic mass is 35.5. The van der Waals surface area contributed by atoms with E-state index in [0.717, 1.165) is 21.9 Å². The van der Waals surface area contributed by atoms with Gasteiger partial charge in [-0.2, -0.15) is 11.8 Å². The van der Waals surface area contributed by atoms with Gasteiger partial charge in [0.15, 0.2) is 0 Å². The fourth-order valence-electron chi connectivity index (χ4n) is 2.82. The van der Waals surface area contributed by atoms with Crippen LogP contribution in [0.1, 0.15) is 21.5 Å². The molecular formula is C23H22Cl2N2O3S2. The molecule has 1 amide bonds. The molecule has 2 N–H and O–H groups in total. The molecule has 0 aliphatic carbocycles. The third-order valence-corrected chi connectivity index (χ3v) is 7.77. The average Bonchev–Trinajstić information content (AvgIpc) is 2.76. The predicted molar refractivity (Wildman–Crippen MR) is 133 cm³/mol. The molecule has 0 radical (unpaired) electrons. The molecule has 0 atom stereocenters. The minimum Gasteiger partial charge on any atom is -0.351 e. The number of hydrogen-bond donors (Lipinski definition) is 2. The Morgan fingerprint density at radius 2 is 1.69 bits per heavy atom. The Morgan fingerprint density at radius 3 is 2.41 bits per heavy atom. The summed E-state index contributed by atoms with van der Waals surface area (Å²) < 4.78 is 28.1. The van der Waals surface area contributed by atoms with Gasteiger partial charge in [0.1, 0.15) is 4.90 Å². The van der Waals surface area contributed by atoms with E-state index in [0.29, 0.717) is 18.0 Å². The molecule has 0 spiro atoms. The van der Waals surface area contributed by atoms with Crippen molar-refractivity contribution >= 4 is 56.6 Å². The second kappa shape index (κ2) is 11.1. The average molecular weight is 509 g/mol. The topological polar surface area (TPSA) is 75.3 Å². The monoisotopic (exact) mass is 508 g/mol. The highest BCUT2D eigenvalue weighted by molar-refractivity contribution is 7.98. The van der Waals surface area contributed by atoms with Crippen LogP contribution in [0.25, 0.3) is 0 Å². The maximum absolute atomic E-state index is 12.8. The van der Waals surface area contributed by atoms with E-state index in [1.165, 1.54) is 18.2 Å². The smallest absolute Gasteiger partial charge is 0.263 e. The molecule has 0 heterocycles. The van der Waals surface area contributed by atoms with Gasteiger partial charge >= 0.3 is 0 Å². The summed E-state index contributed by atoms with van der Waals surface area (Å²) in [5.74, 6) is 1.06. The third kappa shape index (κ3) is 6.65. The molecule has 0 bridgehead atoms. The molecule has 0 saturated carbocycles. The summed E-state index contributed by atoms with van der Waals surface area (Å²) in [4.78, 5) is 12.4. The molecule has 168 valence electrons. The van der Waals surface area contributed by atoms with Crippen molar-refractivity contribution in [1.29, 1.82) is 0 Å². The first kappa shape index (κ1) is 24.5. The molecular weight excluding hydrogens is 487 g/mol. The molecule has 3 aromatic carbocycles. The van der Waals surface area contributed by atoms with E-state index in [2.05, 4.69) is 10.0 Å². The van der Waals surface area contributed by atoms with Crippen molar-refractivity contribution in [3.63, 3.8) is 0 Å². The predicted octanol–water partition coefficient (Wildman–Crippen LogP) is 5.77. The van der Waals surface area contributed by atoms with Gasteiger partial charge in [0.2, 0.25) is 0 Å². The van der Waals surface area contributed by atoms with Crippen molar-refractivity contribution in [3.8, 4) is 0 Å². The van der Waals surface area contributed by atoms with Crippen LogP contribution >= 0.6 is 35.0 Å². The van der Waals surface area contributed by atoms with E-state index < -0.39 is 10.0 Å². The first-order chi connectivity index (χ1) is 15.3. The number of amides is 1. The molecule has 32 heavy (non-hydrogen) atoms. The van der Waals surface area contributed by atoms with Crippen molar-refractivity contribution in [2.75, 3.05) is 17.0 Å². The van der Waals surface area contributed by atoms with Crippen molar-refractivity contribution in [1.82, 2.24) is 5.32 Å². The van der Waals surface area contributed by atoms with Crippen LogP contribution in [0.2, 0.25) is 10.0 Å². The zero-order chi connectivity index (χ0) is 23.1. The third-order valence-electron chi connectivity index (χ3n) is 4.53. The van der Waals surface area contributed by atoms with Crippen LogP contribution in [-0.4, -0.2) is 26.6 Å². The number of nitrogens with one attached hydrogen (secondary N) is 2. The second-order valence-electron chi connectivity index (χ2n) is 7.02. The number of hydrogen-bond acceptors (Lipinski definition) is 4. The molecule has 0 saturated heterocycles. The van der Waals surface area contributed by atoms with Gasteiger partial charge in [-0.3, -0.25) is 9.52 Å². The van der Waals surface area contributed by atoms with Gasteiger partial charge < -0.3 is 5.32 Å². The Balaban J connectivity index is 1.59. The lowest BCUT2D eigenvalue weighted by molar-refractivity contribution is 0.0956. The summed E-state index contributed by atoms with van der Waals surface area (Å²) in [6, 6.07) is 18.7. The summed E-state index contributed by atoms with van der Waals surface area (Å²) in [5.41, 5.74) is 2.68. The molecule has 3 rings (SSSR count). The number of rotatable bonds is 9. The van der Waals surface area contributed by atoms with Gasteiger partial charge in [0.25, 0.3) is 15.9 Å². The molecule has 0 aliphatic heterocycles. The maximum atomic E-state index is 12.8. The molecule has 3 aromatic rings. The highest BCUT2D eigenvalue weighted by Gasteiger charge is 2.20. The Labute approximate surface area is 202 Å². The first-order valence-corrected chi connectivity index (χ1v) is 13.1. The molecule has 0 aliphatic rings. The van der Waals surface area contributed by atoms with E-state index in [1.807, 2.05) is 31.2 Å². The van der Waals surface area contributed by atoms with Crippen LogP contribution in [0.15, 0.2) is 71.6 Å². The highest BCUT2D eigenvalue weighted by Crippen LogP contribution is 2.25. The molecule has 9 heteroatoms. The van der Waals surface area contributed by atoms with Crippen LogP contribution < -0.4 is 10.0 Å². The van der Waals surface area contributed by atoms with Crippen molar-refractivity contribution < 1.29 is 13.2 Å². The van der Waals surface area contributed by atoms with E-state index >= 15 is 0 Å². The van der Waals surface area contributed by atoms with Crippen LogP contribution in [0.5, 0.6) is 0 Å². The van der Waals surface area contributed by atoms with E-state index in [1.54, 1.807) is 36.0 Å². The number of halogens is 2. The molecule has 0 unspecified atom stereocenters. The van der Waals surface area contributed by atoms with E-state index in [-0.39, 0.29) is 21.4 Å². The number of carbonyl (C=O) groups excluding carboxylic acids is 1. The molecule has 0 fully saturated rings. The van der Waals surface area contributed by atoms with Crippen LogP contribution in [0, 0.1) is 6.92 Å². The number of sulfonamides is 1. The fourth-order valence-corrected chi connectivity index (χ4v) is 5.55. The maximum Gasteiger partial charge on any atom is 0.263 e. The van der Waals surface area contributed by atoms with Crippen LogP contribution in [-0.2, 0) is 15.8 Å². The summed E-state index contributed by atoms with van der Waals surface area (Å²) in [5, 5.41) is 3.56. The summed E-state index contributed by atoms with van der Waals surface area (Å²) in [6.45, 7) is 2.34. The minimum absolute atomic E-state index is 0.0384. The lowest BCUT2D eigenvalue weighted by Crippen LogP contribution is -2.26. The van der Waals surface area contributed by atoms with E-state index in [9.17, 15) is 13.2 Å². The van der Waals surface area contributed by atoms with Gasteiger partial charge in [-0.1, -0.05) is 59.1 Å². The molecule has 5 nitrogen and oxygen atoms in total. The summed E-state index contributed by atoms with van der Waals surface area (Å²) in [7, 11) is -3.96. The van der Waals surface area contributed by atoms with E-state index in [4.69, 9.17) is 23.2 Å². The Morgan fingerprint density at radius 1 is 0.969 bits per heavy atom. The van der Waals surface area contributed by atoms with Crippen LogP contribution in [0.4, 0.5) is 5.69 Å². The Bertz CT molecular complexity index is 1200. The van der Waals surface area contributed by atoms with Crippen molar-refractivity contribution in [3.05, 3.63) is 93.5 Å². The van der Waals surface area contributed by atoms with Gasteiger partial charge in [-0.15, -0.1) is 0 Å². The largest absolute Gasteiger partial charge is 0.351 e. The number of benzene rings is 3. The zero-order valence-corrected chi connectivity index (χ0v) is 20.4. The number of anilines is 1. The van der Waals surface area contributed by atoms with Crippen molar-refractivity contribution in [2.24, 2.45) is 0 Å². The second-order valence-corrected chi connectivity index (χ2v) is 10.6. The standard InChI is InChI=1S/C23H22Cl2N2O3S2/c1-16-6-9-19(10-7-16)27-32(29,30)22-14-17(8-11-21(22)25)23(28)26-12-13-31-15-18-4-2-3-5-20(18)24/h2-11,14,27H,12-13,15H2,1H3,(H,26,28). The SMILES string of the molecule is Cc1ccc(NS(=O)(=O)c2cc(C(=O)NCCSCc3ccccc3Cl)ccc2Cl)cc1. The fraction of sp³-hybridized carbons (Fsp3) is 0.174. The normalized spacial score (nSPS) is 11.2. The summed E-state index contributed by atoms with van der Waals surface area (Å²) >= 11 is 13.9. The number of aryl methyl sites for hydroxylation is 1. The zero-order valence-electron chi connectivity index (χ0n) is 17.3. The lowest BCUT2D eigenvalue weighted by atomic mass is 10.2. The van der Waals surface area contributed by atoms with Gasteiger partial charge in [-0.05, 0) is 48.9 Å². The van der Waals surface area contributed by atoms with Gasteiger partial charge in [-0.25, -0.2) is 8.42 Å². The Kier molecular flexibility index (Phi) is 8.48. The quantitative estimate of drug-likeness (QED) is 0.360. The van der Waals surface area contributed by atoms with Crippen LogP contribution in [0.3, 0.4) is 0 Å².